The van der Waals surface area contributed by atoms with Gasteiger partial charge in [-0.3, -0.25) is 10.4 Å². The number of hydrogen-bond acceptors (Lipinski definition) is 3. The minimum absolute atomic E-state index is 0. The van der Waals surface area contributed by atoms with Crippen LogP contribution in [-0.4, -0.2) is 22.2 Å². The maximum atomic E-state index is 7.75. The first kappa shape index (κ1) is 9.30. The Morgan fingerprint density at radius 2 is 1.67 bits per heavy atom. The lowest BCUT2D eigenvalue weighted by atomic mass is 10.8. The van der Waals surface area contributed by atoms with Gasteiger partial charge in [0.1, 0.15) is 0 Å². The zero-order valence-corrected chi connectivity index (χ0v) is 3.05. The van der Waals surface area contributed by atoms with Crippen molar-refractivity contribution in [3.8, 4) is 0 Å². The van der Waals surface area contributed by atoms with Crippen molar-refractivity contribution in [1.29, 1.82) is 0 Å². The van der Waals surface area contributed by atoms with Gasteiger partial charge in [0.2, 0.25) is 0 Å². The number of rotatable bonds is 1. The molecule has 0 aromatic rings. The summed E-state index contributed by atoms with van der Waals surface area (Å²) in [5, 5.41) is 15.6. The molecule has 0 fully saturated rings. The molecule has 2 N–H and O–H groups in total. The summed E-state index contributed by atoms with van der Waals surface area (Å²) in [6.45, 7) is 1.88. The molecule has 0 unspecified atom stereocenters. The lowest BCUT2D eigenvalue weighted by molar-refractivity contribution is -0.303. The van der Waals surface area contributed by atoms with Crippen LogP contribution in [0.15, 0.2) is 0 Å². The lowest BCUT2D eigenvalue weighted by Gasteiger charge is -1.95. The molecule has 0 saturated carbocycles. The van der Waals surface area contributed by atoms with Gasteiger partial charge in [0.05, 0.1) is 0 Å². The quantitative estimate of drug-likeness (QED) is 0.469. The van der Waals surface area contributed by atoms with E-state index in [9.17, 15) is 0 Å². The van der Waals surface area contributed by atoms with Gasteiger partial charge in [-0.25, -0.2) is 0 Å². The molecule has 0 saturated heterocycles. The Hall–Kier alpha value is -0.120. The molecule has 0 heterocycles. The van der Waals surface area contributed by atoms with Gasteiger partial charge in [-0.05, 0) is 6.92 Å². The number of nitrogens with zero attached hydrogens (tertiary/aromatic N) is 1. The highest BCUT2D eigenvalue weighted by atomic mass is 16.8. The van der Waals surface area contributed by atoms with Crippen molar-refractivity contribution >= 4 is 0 Å². The van der Waals surface area contributed by atoms with E-state index in [1.54, 1.807) is 6.92 Å². The van der Waals surface area contributed by atoms with Crippen LogP contribution in [0.2, 0.25) is 0 Å². The first-order chi connectivity index (χ1) is 2.27. The standard InChI is InChI=1S/C2H7NO2.CH4/c1-2-3(4)5;/h4-5H,2H2,1H3;1H4. The Bertz CT molecular complexity index is 22.8. The second-order valence-electron chi connectivity index (χ2n) is 0.689. The fourth-order valence-electron chi connectivity index (χ4n) is 0. The average Bonchev–Trinajstić information content (AvgIpc) is 1.38. The predicted octanol–water partition coefficient (Wildman–Crippen LogP) is 0.723. The largest absolute Gasteiger partial charge is 0.290 e. The third-order valence-corrected chi connectivity index (χ3v) is 0.283. The van der Waals surface area contributed by atoms with E-state index < -0.39 is 0 Å². The first-order valence-electron chi connectivity index (χ1n) is 1.42. The summed E-state index contributed by atoms with van der Waals surface area (Å²) in [5.41, 5.74) is 0. The molecule has 0 atom stereocenters. The zero-order valence-electron chi connectivity index (χ0n) is 3.05. The third-order valence-electron chi connectivity index (χ3n) is 0.283. The van der Waals surface area contributed by atoms with Crippen LogP contribution in [0.1, 0.15) is 14.4 Å². The second kappa shape index (κ2) is 4.88. The molecule has 0 bridgehead atoms. The fourth-order valence-corrected chi connectivity index (χ4v) is 0. The molecule has 0 amide bonds. The van der Waals surface area contributed by atoms with Crippen LogP contribution in [-0.2, 0) is 0 Å². The molecule has 6 heavy (non-hydrogen) atoms. The van der Waals surface area contributed by atoms with Crippen molar-refractivity contribution in [2.75, 3.05) is 6.54 Å². The summed E-state index contributed by atoms with van der Waals surface area (Å²) < 4.78 is 0. The predicted molar refractivity (Wildman–Crippen MR) is 22.7 cm³/mol. The minimum atomic E-state index is 0. The molecule has 3 heteroatoms. The van der Waals surface area contributed by atoms with Crippen molar-refractivity contribution in [2.24, 2.45) is 0 Å². The van der Waals surface area contributed by atoms with Gasteiger partial charge in [-0.15, -0.1) is 0 Å². The van der Waals surface area contributed by atoms with Gasteiger partial charge in [-0.1, -0.05) is 12.7 Å². The molecular formula is C3H11NO2. The van der Waals surface area contributed by atoms with E-state index in [-0.39, 0.29) is 19.2 Å². The molecule has 0 aliphatic carbocycles. The van der Waals surface area contributed by atoms with Crippen LogP contribution in [0.5, 0.6) is 0 Å². The highest BCUT2D eigenvalue weighted by Crippen LogP contribution is 1.61. The van der Waals surface area contributed by atoms with E-state index in [4.69, 9.17) is 10.4 Å². The monoisotopic (exact) mass is 93.1 g/mol. The van der Waals surface area contributed by atoms with E-state index in [2.05, 4.69) is 0 Å². The second-order valence-corrected chi connectivity index (χ2v) is 0.689. The fraction of sp³-hybridized carbons (Fsp3) is 1.00. The zero-order chi connectivity index (χ0) is 4.28. The topological polar surface area (TPSA) is 43.7 Å². The van der Waals surface area contributed by atoms with Gasteiger partial charge in [0.25, 0.3) is 0 Å². The van der Waals surface area contributed by atoms with Crippen LogP contribution in [0.25, 0.3) is 0 Å². The van der Waals surface area contributed by atoms with Crippen molar-refractivity contribution in [1.82, 2.24) is 5.23 Å². The molecular weight excluding hydrogens is 82.0 g/mol. The SMILES string of the molecule is C.CCN(O)O. The highest BCUT2D eigenvalue weighted by molar-refractivity contribution is 4.04. The molecule has 40 valence electrons. The number of hydroxylamine groups is 2. The maximum Gasteiger partial charge on any atom is 0.0484 e. The summed E-state index contributed by atoms with van der Waals surface area (Å²) in [6, 6.07) is 0. The van der Waals surface area contributed by atoms with Crippen LogP contribution >= 0.6 is 0 Å². The molecule has 0 aliphatic rings. The summed E-state index contributed by atoms with van der Waals surface area (Å²) >= 11 is 0. The van der Waals surface area contributed by atoms with Gasteiger partial charge in [-0.2, -0.15) is 0 Å². The Labute approximate surface area is 37.7 Å². The third kappa shape index (κ3) is 9.11. The molecule has 0 spiro atoms. The van der Waals surface area contributed by atoms with E-state index in [0.29, 0.717) is 0 Å². The van der Waals surface area contributed by atoms with Gasteiger partial charge in [0.15, 0.2) is 0 Å². The summed E-state index contributed by atoms with van der Waals surface area (Å²) in [7, 11) is 0. The maximum absolute atomic E-state index is 7.75. The Morgan fingerprint density at radius 1 is 1.50 bits per heavy atom. The van der Waals surface area contributed by atoms with Gasteiger partial charge < -0.3 is 0 Å². The van der Waals surface area contributed by atoms with Crippen molar-refractivity contribution in [2.45, 2.75) is 14.4 Å². The van der Waals surface area contributed by atoms with Crippen molar-refractivity contribution in [3.05, 3.63) is 0 Å². The van der Waals surface area contributed by atoms with E-state index in [0.717, 1.165) is 0 Å². The molecule has 0 aromatic heterocycles. The van der Waals surface area contributed by atoms with Crippen LogP contribution < -0.4 is 0 Å². The van der Waals surface area contributed by atoms with Gasteiger partial charge in [0, 0.05) is 6.54 Å². The van der Waals surface area contributed by atoms with Crippen LogP contribution in [0, 0.1) is 0 Å². The Morgan fingerprint density at radius 3 is 1.67 bits per heavy atom. The summed E-state index contributed by atoms with van der Waals surface area (Å²) in [4.78, 5) is 0. The molecule has 0 rings (SSSR count). The lowest BCUT2D eigenvalue weighted by Crippen LogP contribution is -2.10. The Kier molecular flexibility index (Phi) is 7.57. The van der Waals surface area contributed by atoms with Crippen LogP contribution in [0.3, 0.4) is 0 Å². The van der Waals surface area contributed by atoms with E-state index in [1.807, 2.05) is 0 Å². The number of hydrogen-bond donors (Lipinski definition) is 2. The molecule has 0 radical (unpaired) electrons. The molecule has 0 aliphatic heterocycles. The summed E-state index contributed by atoms with van der Waals surface area (Å²) in [5.74, 6) is 0. The summed E-state index contributed by atoms with van der Waals surface area (Å²) in [6.07, 6.45) is 0. The van der Waals surface area contributed by atoms with Gasteiger partial charge >= 0.3 is 0 Å². The average molecular weight is 93.1 g/mol. The smallest absolute Gasteiger partial charge is 0.0484 e. The molecule has 3 nitrogen and oxygen atoms in total. The minimum Gasteiger partial charge on any atom is -0.290 e. The van der Waals surface area contributed by atoms with Crippen molar-refractivity contribution < 1.29 is 10.4 Å². The Balaban J connectivity index is 0. The van der Waals surface area contributed by atoms with E-state index in [1.165, 1.54) is 0 Å². The normalized spacial score (nSPS) is 8.00. The molecule has 0 aromatic carbocycles. The van der Waals surface area contributed by atoms with Crippen molar-refractivity contribution in [3.63, 3.8) is 0 Å². The van der Waals surface area contributed by atoms with Crippen LogP contribution in [0.4, 0.5) is 0 Å². The highest BCUT2D eigenvalue weighted by Gasteiger charge is 1.76. The van der Waals surface area contributed by atoms with E-state index >= 15 is 0 Å². The first-order valence-corrected chi connectivity index (χ1v) is 1.42.